The minimum Gasteiger partial charge on any atom is -0.481 e. The quantitative estimate of drug-likeness (QED) is 0.906. The first-order chi connectivity index (χ1) is 9.91. The second-order valence-corrected chi connectivity index (χ2v) is 7.40. The number of hydrogen-bond donors (Lipinski definition) is 1. The van der Waals surface area contributed by atoms with Gasteiger partial charge >= 0.3 is 5.97 Å². The first-order valence-electron chi connectivity index (χ1n) is 7.21. The molecule has 21 heavy (non-hydrogen) atoms. The van der Waals surface area contributed by atoms with Gasteiger partial charge in [0.2, 0.25) is 10.0 Å². The highest BCUT2D eigenvalue weighted by Gasteiger charge is 2.33. The second kappa shape index (κ2) is 6.58. The molecule has 0 aliphatic carbocycles. The molecule has 0 spiro atoms. The molecule has 1 aromatic carbocycles. The SMILES string of the molecule is Cc1ccc(S(=O)(=O)N2CCCCC2CCC(=O)O)cc1. The minimum absolute atomic E-state index is 0.00455. The van der Waals surface area contributed by atoms with Gasteiger partial charge in [-0.15, -0.1) is 0 Å². The van der Waals surface area contributed by atoms with Crippen LogP contribution in [0.15, 0.2) is 29.2 Å². The Balaban J connectivity index is 2.22. The average Bonchev–Trinajstić information content (AvgIpc) is 2.46. The second-order valence-electron chi connectivity index (χ2n) is 5.51. The van der Waals surface area contributed by atoms with Gasteiger partial charge in [0.05, 0.1) is 4.90 Å². The van der Waals surface area contributed by atoms with Crippen LogP contribution in [0.1, 0.15) is 37.7 Å². The number of sulfonamides is 1. The van der Waals surface area contributed by atoms with Crippen molar-refractivity contribution in [2.24, 2.45) is 0 Å². The summed E-state index contributed by atoms with van der Waals surface area (Å²) in [4.78, 5) is 11.0. The van der Waals surface area contributed by atoms with Crippen LogP contribution in [0.3, 0.4) is 0 Å². The molecule has 1 aliphatic rings. The molecule has 1 saturated heterocycles. The number of carboxylic acid groups (broad SMARTS) is 1. The third kappa shape index (κ3) is 3.83. The van der Waals surface area contributed by atoms with Gasteiger partial charge in [-0.2, -0.15) is 4.31 Å². The highest BCUT2D eigenvalue weighted by molar-refractivity contribution is 7.89. The van der Waals surface area contributed by atoms with Gasteiger partial charge in [0, 0.05) is 19.0 Å². The van der Waals surface area contributed by atoms with Crippen LogP contribution in [-0.2, 0) is 14.8 Å². The number of rotatable bonds is 5. The van der Waals surface area contributed by atoms with Gasteiger partial charge < -0.3 is 5.11 Å². The summed E-state index contributed by atoms with van der Waals surface area (Å²) in [5, 5.41) is 8.81. The maximum atomic E-state index is 12.7. The Morgan fingerprint density at radius 2 is 1.95 bits per heavy atom. The van der Waals surface area contributed by atoms with Crippen molar-refractivity contribution in [1.29, 1.82) is 0 Å². The van der Waals surface area contributed by atoms with Crippen molar-refractivity contribution in [3.63, 3.8) is 0 Å². The van der Waals surface area contributed by atoms with Crippen LogP contribution >= 0.6 is 0 Å². The number of carboxylic acids is 1. The van der Waals surface area contributed by atoms with Crippen molar-refractivity contribution in [3.05, 3.63) is 29.8 Å². The molecule has 116 valence electrons. The predicted molar refractivity (Wildman–Crippen MR) is 79.6 cm³/mol. The molecule has 0 amide bonds. The maximum Gasteiger partial charge on any atom is 0.303 e. The Kier molecular flexibility index (Phi) is 5.00. The Bertz CT molecular complexity index is 595. The summed E-state index contributed by atoms with van der Waals surface area (Å²) in [5.41, 5.74) is 1.01. The standard InChI is InChI=1S/C15H21NO4S/c1-12-5-8-14(9-6-12)21(19,20)16-11-3-2-4-13(16)7-10-15(17)18/h5-6,8-9,13H,2-4,7,10-11H2,1H3,(H,17,18). The topological polar surface area (TPSA) is 74.7 Å². The molecule has 1 aromatic rings. The van der Waals surface area contributed by atoms with Gasteiger partial charge in [-0.3, -0.25) is 4.79 Å². The van der Waals surface area contributed by atoms with Crippen LogP contribution in [0.4, 0.5) is 0 Å². The number of nitrogens with zero attached hydrogens (tertiary/aromatic N) is 1. The molecule has 0 radical (unpaired) electrons. The molecule has 1 fully saturated rings. The van der Waals surface area contributed by atoms with Crippen molar-refractivity contribution in [2.45, 2.75) is 50.0 Å². The van der Waals surface area contributed by atoms with Gasteiger partial charge in [0.25, 0.3) is 0 Å². The predicted octanol–water partition coefficient (Wildman–Crippen LogP) is 2.40. The minimum atomic E-state index is -3.54. The van der Waals surface area contributed by atoms with Gasteiger partial charge in [0.15, 0.2) is 0 Å². The molecule has 1 atom stereocenters. The third-order valence-corrected chi connectivity index (χ3v) is 5.86. The van der Waals surface area contributed by atoms with E-state index >= 15 is 0 Å². The van der Waals surface area contributed by atoms with Gasteiger partial charge in [-0.25, -0.2) is 8.42 Å². The summed E-state index contributed by atoms with van der Waals surface area (Å²) in [6, 6.07) is 6.59. The molecular formula is C15H21NO4S. The van der Waals surface area contributed by atoms with Crippen molar-refractivity contribution in [2.75, 3.05) is 6.54 Å². The lowest BCUT2D eigenvalue weighted by Crippen LogP contribution is -2.43. The molecule has 0 aromatic heterocycles. The number of piperidine rings is 1. The maximum absolute atomic E-state index is 12.7. The van der Waals surface area contributed by atoms with E-state index in [4.69, 9.17) is 5.11 Å². The summed E-state index contributed by atoms with van der Waals surface area (Å²) in [5.74, 6) is -0.881. The van der Waals surface area contributed by atoms with Crippen molar-refractivity contribution in [1.82, 2.24) is 4.31 Å². The van der Waals surface area contributed by atoms with Crippen LogP contribution in [-0.4, -0.2) is 36.4 Å². The summed E-state index contributed by atoms with van der Waals surface area (Å²) in [6.45, 7) is 2.38. The van der Waals surface area contributed by atoms with Crippen LogP contribution < -0.4 is 0 Å². The lowest BCUT2D eigenvalue weighted by molar-refractivity contribution is -0.137. The molecule has 0 bridgehead atoms. The first kappa shape index (κ1) is 16.0. The summed E-state index contributed by atoms with van der Waals surface area (Å²) in [6.07, 6.45) is 2.89. The normalized spacial score (nSPS) is 20.3. The van der Waals surface area contributed by atoms with E-state index in [1.807, 2.05) is 6.92 Å². The number of aliphatic carboxylic acids is 1. The van der Waals surface area contributed by atoms with E-state index in [0.717, 1.165) is 24.8 Å². The van der Waals surface area contributed by atoms with Crippen molar-refractivity contribution >= 4 is 16.0 Å². The summed E-state index contributed by atoms with van der Waals surface area (Å²) < 4.78 is 27.0. The molecule has 2 rings (SSSR count). The third-order valence-electron chi connectivity index (χ3n) is 3.89. The first-order valence-corrected chi connectivity index (χ1v) is 8.65. The van der Waals surface area contributed by atoms with Crippen LogP contribution in [0.5, 0.6) is 0 Å². The zero-order valence-corrected chi connectivity index (χ0v) is 13.0. The van der Waals surface area contributed by atoms with E-state index < -0.39 is 16.0 Å². The highest BCUT2D eigenvalue weighted by Crippen LogP contribution is 2.27. The number of hydrogen-bond acceptors (Lipinski definition) is 3. The van der Waals surface area contributed by atoms with Gasteiger partial charge in [-0.05, 0) is 38.3 Å². The summed E-state index contributed by atoms with van der Waals surface area (Å²) in [7, 11) is -3.54. The van der Waals surface area contributed by atoms with E-state index in [1.165, 1.54) is 4.31 Å². The fraction of sp³-hybridized carbons (Fsp3) is 0.533. The lowest BCUT2D eigenvalue weighted by atomic mass is 10.0. The molecule has 6 heteroatoms. The smallest absolute Gasteiger partial charge is 0.303 e. The molecule has 1 N–H and O–H groups in total. The van der Waals surface area contributed by atoms with E-state index in [2.05, 4.69) is 0 Å². The largest absolute Gasteiger partial charge is 0.481 e. The number of aryl methyl sites for hydroxylation is 1. The highest BCUT2D eigenvalue weighted by atomic mass is 32.2. The van der Waals surface area contributed by atoms with Crippen molar-refractivity contribution < 1.29 is 18.3 Å². The lowest BCUT2D eigenvalue weighted by Gasteiger charge is -2.34. The Hall–Kier alpha value is -1.40. The molecule has 1 unspecified atom stereocenters. The van der Waals surface area contributed by atoms with Gasteiger partial charge in [-0.1, -0.05) is 24.1 Å². The van der Waals surface area contributed by atoms with E-state index in [1.54, 1.807) is 24.3 Å². The van der Waals surface area contributed by atoms with Crippen molar-refractivity contribution in [3.8, 4) is 0 Å². The average molecular weight is 311 g/mol. The molecule has 1 heterocycles. The Labute approximate surface area is 125 Å². The zero-order valence-electron chi connectivity index (χ0n) is 12.2. The zero-order chi connectivity index (χ0) is 15.5. The Morgan fingerprint density at radius 3 is 2.57 bits per heavy atom. The van der Waals surface area contributed by atoms with Gasteiger partial charge in [0.1, 0.15) is 0 Å². The molecule has 0 saturated carbocycles. The van der Waals surface area contributed by atoms with E-state index in [-0.39, 0.29) is 17.4 Å². The Morgan fingerprint density at radius 1 is 1.29 bits per heavy atom. The molecular weight excluding hydrogens is 290 g/mol. The summed E-state index contributed by atoms with van der Waals surface area (Å²) >= 11 is 0. The number of carbonyl (C=O) groups is 1. The number of benzene rings is 1. The van der Waals surface area contributed by atoms with Crippen LogP contribution in [0, 0.1) is 6.92 Å². The fourth-order valence-corrected chi connectivity index (χ4v) is 4.44. The molecule has 1 aliphatic heterocycles. The van der Waals surface area contributed by atoms with Crippen LogP contribution in [0.2, 0.25) is 0 Å². The monoisotopic (exact) mass is 311 g/mol. The fourth-order valence-electron chi connectivity index (χ4n) is 2.71. The molecule has 5 nitrogen and oxygen atoms in total. The van der Waals surface area contributed by atoms with E-state index in [9.17, 15) is 13.2 Å². The van der Waals surface area contributed by atoms with Crippen LogP contribution in [0.25, 0.3) is 0 Å². The van der Waals surface area contributed by atoms with E-state index in [0.29, 0.717) is 13.0 Å².